The van der Waals surface area contributed by atoms with Crippen molar-refractivity contribution in [2.24, 2.45) is 0 Å². The largest absolute Gasteiger partial charge is 0.472 e. The molecule has 0 aliphatic heterocycles. The van der Waals surface area contributed by atoms with E-state index in [0.29, 0.717) is 23.9 Å². The van der Waals surface area contributed by atoms with Crippen molar-refractivity contribution in [1.82, 2.24) is 5.32 Å². The number of allylic oxidation sites excluding steroid dienone is 14. The van der Waals surface area contributed by atoms with Crippen LogP contribution in [0.25, 0.3) is 0 Å². The van der Waals surface area contributed by atoms with Crippen LogP contribution in [0.2, 0.25) is 0 Å². The third kappa shape index (κ3) is 65.2. The molecule has 0 aromatic heterocycles. The zero-order valence-corrected chi connectivity index (χ0v) is 55.6. The fourth-order valence-corrected chi connectivity index (χ4v) is 11.0. The van der Waals surface area contributed by atoms with E-state index in [9.17, 15) is 19.4 Å². The second-order valence-corrected chi connectivity index (χ2v) is 26.3. The highest BCUT2D eigenvalue weighted by Gasteiger charge is 2.28. The number of hydrogen-bond donors (Lipinski definition) is 3. The minimum absolute atomic E-state index is 0.0734. The molecule has 9 heteroatoms. The van der Waals surface area contributed by atoms with Crippen molar-refractivity contribution in [2.45, 2.75) is 334 Å². The van der Waals surface area contributed by atoms with Gasteiger partial charge >= 0.3 is 7.82 Å². The second-order valence-electron chi connectivity index (χ2n) is 24.9. The van der Waals surface area contributed by atoms with Crippen LogP contribution in [0.4, 0.5) is 0 Å². The smallest absolute Gasteiger partial charge is 0.391 e. The Hall–Kier alpha value is -2.32. The molecule has 478 valence electrons. The van der Waals surface area contributed by atoms with E-state index in [2.05, 4.69) is 104 Å². The second kappa shape index (κ2) is 63.2. The van der Waals surface area contributed by atoms with E-state index in [1.165, 1.54) is 212 Å². The highest BCUT2D eigenvalue weighted by atomic mass is 31.2. The number of amides is 1. The molecule has 8 nitrogen and oxygen atoms in total. The Labute approximate surface area is 509 Å². The first-order chi connectivity index (χ1) is 40.0. The van der Waals surface area contributed by atoms with Crippen LogP contribution in [0.3, 0.4) is 0 Å². The standard InChI is InChI=1S/C73H135N2O6P/c1-6-8-10-12-14-16-18-20-22-24-26-28-30-31-32-33-34-35-36-37-38-39-40-41-42-43-45-47-49-51-53-55-57-59-61-63-65-67-73(77)74-71(70-81-82(78,79)80-69-68-75(3,4)5)72(76)66-64-62-60-58-56-54-52-50-48-46-44-29-27-25-23-21-19-17-15-13-11-9-7-2/h8,10,14,16,20,22,26,28,31-32,34-35,37-38,71-72,76H,6-7,9,11-13,15,17-19,21,23-25,27,29-30,33,36,39-70H2,1-5H3,(H-,74,77,78,79)/p+1/b10-8-,16-14-,22-20-,28-26-,32-31-,35-34-,38-37-. The van der Waals surface area contributed by atoms with Gasteiger partial charge in [-0.15, -0.1) is 0 Å². The lowest BCUT2D eigenvalue weighted by Crippen LogP contribution is -2.46. The summed E-state index contributed by atoms with van der Waals surface area (Å²) in [7, 11) is 1.62. The lowest BCUT2D eigenvalue weighted by molar-refractivity contribution is -0.870. The average Bonchev–Trinajstić information content (AvgIpc) is 3.47. The van der Waals surface area contributed by atoms with Crippen LogP contribution < -0.4 is 5.32 Å². The van der Waals surface area contributed by atoms with Gasteiger partial charge in [-0.1, -0.05) is 330 Å². The van der Waals surface area contributed by atoms with E-state index in [1.807, 2.05) is 21.1 Å². The van der Waals surface area contributed by atoms with Crippen molar-refractivity contribution in [1.29, 1.82) is 0 Å². The van der Waals surface area contributed by atoms with E-state index in [-0.39, 0.29) is 19.1 Å². The van der Waals surface area contributed by atoms with Gasteiger partial charge in [-0.25, -0.2) is 4.57 Å². The number of phosphoric acid groups is 1. The zero-order valence-electron chi connectivity index (χ0n) is 54.7. The molecule has 1 amide bonds. The molecule has 3 unspecified atom stereocenters. The Morgan fingerprint density at radius 3 is 1.07 bits per heavy atom. The van der Waals surface area contributed by atoms with E-state index < -0.39 is 20.0 Å². The molecular weight excluding hydrogens is 1030 g/mol. The van der Waals surface area contributed by atoms with Crippen molar-refractivity contribution in [3.63, 3.8) is 0 Å². The Kier molecular flexibility index (Phi) is 61.4. The van der Waals surface area contributed by atoms with Crippen LogP contribution >= 0.6 is 7.82 Å². The Bertz CT molecular complexity index is 1610. The van der Waals surface area contributed by atoms with Crippen molar-refractivity contribution in [3.05, 3.63) is 85.1 Å². The maximum atomic E-state index is 13.1. The number of quaternary nitrogens is 1. The van der Waals surface area contributed by atoms with Gasteiger partial charge in [0.2, 0.25) is 5.91 Å². The molecule has 82 heavy (non-hydrogen) atoms. The maximum Gasteiger partial charge on any atom is 0.472 e. The van der Waals surface area contributed by atoms with Crippen molar-refractivity contribution in [2.75, 3.05) is 40.9 Å². The highest BCUT2D eigenvalue weighted by molar-refractivity contribution is 7.47. The first-order valence-corrected chi connectivity index (χ1v) is 36.4. The lowest BCUT2D eigenvalue weighted by atomic mass is 10.0. The van der Waals surface area contributed by atoms with Gasteiger partial charge in [0.25, 0.3) is 0 Å². The third-order valence-corrected chi connectivity index (χ3v) is 16.6. The van der Waals surface area contributed by atoms with Gasteiger partial charge in [0.1, 0.15) is 13.2 Å². The van der Waals surface area contributed by atoms with Crippen molar-refractivity contribution >= 4 is 13.7 Å². The number of hydrogen-bond acceptors (Lipinski definition) is 5. The van der Waals surface area contributed by atoms with Crippen LogP contribution in [0.15, 0.2) is 85.1 Å². The zero-order chi connectivity index (χ0) is 59.8. The molecule has 0 aliphatic rings. The maximum absolute atomic E-state index is 13.1. The molecule has 0 spiro atoms. The quantitative estimate of drug-likeness (QED) is 0.0243. The summed E-state index contributed by atoms with van der Waals surface area (Å²) >= 11 is 0. The van der Waals surface area contributed by atoms with Gasteiger partial charge in [-0.3, -0.25) is 13.8 Å². The van der Waals surface area contributed by atoms with Gasteiger partial charge < -0.3 is 19.8 Å². The Balaban J connectivity index is 4.03. The summed E-state index contributed by atoms with van der Waals surface area (Å²) in [6.07, 6.45) is 89.6. The summed E-state index contributed by atoms with van der Waals surface area (Å²) < 4.78 is 23.9. The molecule has 3 N–H and O–H groups in total. The molecule has 0 saturated heterocycles. The number of aliphatic hydroxyl groups is 1. The van der Waals surface area contributed by atoms with Crippen LogP contribution in [-0.2, 0) is 18.4 Å². The van der Waals surface area contributed by atoms with Gasteiger partial charge in [0.15, 0.2) is 0 Å². The van der Waals surface area contributed by atoms with E-state index in [4.69, 9.17) is 9.05 Å². The summed E-state index contributed by atoms with van der Waals surface area (Å²) in [5, 5.41) is 14.1. The topological polar surface area (TPSA) is 105 Å². The minimum atomic E-state index is -4.33. The van der Waals surface area contributed by atoms with Gasteiger partial charge in [-0.05, 0) is 70.6 Å². The molecule has 0 saturated carbocycles. The van der Waals surface area contributed by atoms with Crippen molar-refractivity contribution in [3.8, 4) is 0 Å². The number of carbonyl (C=O) groups excluding carboxylic acids is 1. The number of unbranched alkanes of at least 4 members (excludes halogenated alkanes) is 37. The monoisotopic (exact) mass is 1170 g/mol. The van der Waals surface area contributed by atoms with Gasteiger partial charge in [0.05, 0.1) is 39.9 Å². The summed E-state index contributed by atoms with van der Waals surface area (Å²) in [6, 6.07) is -0.765. The first-order valence-electron chi connectivity index (χ1n) is 35.0. The predicted octanol–water partition coefficient (Wildman–Crippen LogP) is 22.3. The number of rotatable bonds is 64. The molecule has 0 heterocycles. The predicted molar refractivity (Wildman–Crippen MR) is 360 cm³/mol. The summed E-state index contributed by atoms with van der Waals surface area (Å²) in [4.78, 5) is 23.5. The minimum Gasteiger partial charge on any atom is -0.391 e. The summed E-state index contributed by atoms with van der Waals surface area (Å²) in [5.74, 6) is -0.142. The first kappa shape index (κ1) is 79.7. The molecule has 0 aliphatic carbocycles. The molecule has 0 bridgehead atoms. The van der Waals surface area contributed by atoms with E-state index in [0.717, 1.165) is 83.5 Å². The molecule has 0 aromatic carbocycles. The Morgan fingerprint density at radius 1 is 0.427 bits per heavy atom. The van der Waals surface area contributed by atoms with Crippen LogP contribution in [0.1, 0.15) is 322 Å². The SMILES string of the molecule is CC/C=C\C/C=C\C/C=C\C/C=C\C/C=C\C/C=C\C/C=C\CCCCCCCCCCCCCCCCCC(=O)NC(COP(=O)(O)OCC[N+](C)(C)C)C(O)CCCCCCCCCCCCCCCCCCCCCCCCC. The number of aliphatic hydroxyl groups excluding tert-OH is 1. The third-order valence-electron chi connectivity index (χ3n) is 15.7. The number of nitrogens with zero attached hydrogens (tertiary/aromatic N) is 1. The number of nitrogens with one attached hydrogen (secondary N) is 1. The van der Waals surface area contributed by atoms with Gasteiger partial charge in [-0.2, -0.15) is 0 Å². The fraction of sp³-hybridized carbons (Fsp3) is 0.795. The molecule has 0 fully saturated rings. The number of phosphoric ester groups is 1. The van der Waals surface area contributed by atoms with Crippen LogP contribution in [0, 0.1) is 0 Å². The van der Waals surface area contributed by atoms with Gasteiger partial charge in [0, 0.05) is 6.42 Å². The molecule has 3 atom stereocenters. The average molecular weight is 1170 g/mol. The lowest BCUT2D eigenvalue weighted by Gasteiger charge is -2.26. The molecule has 0 radical (unpaired) electrons. The Morgan fingerprint density at radius 2 is 0.732 bits per heavy atom. The summed E-state index contributed by atoms with van der Waals surface area (Å²) in [5.41, 5.74) is 0. The molecule has 0 rings (SSSR count). The fourth-order valence-electron chi connectivity index (χ4n) is 10.3. The van der Waals surface area contributed by atoms with E-state index in [1.54, 1.807) is 0 Å². The van der Waals surface area contributed by atoms with E-state index >= 15 is 0 Å². The van der Waals surface area contributed by atoms with Crippen LogP contribution in [-0.4, -0.2) is 73.4 Å². The van der Waals surface area contributed by atoms with Crippen LogP contribution in [0.5, 0.6) is 0 Å². The number of carbonyl (C=O) groups is 1. The summed E-state index contributed by atoms with van der Waals surface area (Å²) in [6.45, 7) is 4.81. The normalized spacial score (nSPS) is 14.2. The highest BCUT2D eigenvalue weighted by Crippen LogP contribution is 2.43. The molecular formula is C73H136N2O6P+. The van der Waals surface area contributed by atoms with Crippen molar-refractivity contribution < 1.29 is 32.9 Å². The number of likely N-dealkylation sites (N-methyl/N-ethyl adjacent to an activating group) is 1. The molecule has 0 aromatic rings.